The smallest absolute Gasteiger partial charge is 0.331 e. The quantitative estimate of drug-likeness (QED) is 0.734. The molecule has 1 aromatic heterocycles. The van der Waals surface area contributed by atoms with Gasteiger partial charge in [0.15, 0.2) is 0 Å². The molecule has 3 nitrogen and oxygen atoms in total. The fraction of sp³-hybridized carbons (Fsp3) is 0.0833. The van der Waals surface area contributed by atoms with Crippen LogP contribution in [0.3, 0.4) is 0 Å². The summed E-state index contributed by atoms with van der Waals surface area (Å²) in [5.74, 6) is -0.889. The van der Waals surface area contributed by atoms with Gasteiger partial charge in [-0.2, -0.15) is 0 Å². The molecule has 1 aromatic carbocycles. The topological polar surface area (TPSA) is 53.1 Å². The van der Waals surface area contributed by atoms with Crippen molar-refractivity contribution in [1.82, 2.24) is 4.98 Å². The van der Waals surface area contributed by atoms with Crippen LogP contribution in [-0.4, -0.2) is 16.1 Å². The predicted molar refractivity (Wildman–Crippen MR) is 59.6 cm³/mol. The van der Waals surface area contributed by atoms with Crippen molar-refractivity contribution in [3.05, 3.63) is 41.6 Å². The van der Waals surface area contributed by atoms with E-state index in [9.17, 15) is 4.79 Å². The van der Waals surface area contributed by atoms with Crippen LogP contribution in [0.1, 0.15) is 12.5 Å². The largest absolute Gasteiger partial charge is 0.478 e. The molecule has 0 bridgehead atoms. The average molecular weight is 201 g/mol. The molecule has 0 aliphatic rings. The molecule has 3 heteroatoms. The van der Waals surface area contributed by atoms with E-state index in [0.717, 1.165) is 16.5 Å². The van der Waals surface area contributed by atoms with Gasteiger partial charge in [-0.25, -0.2) is 4.79 Å². The summed E-state index contributed by atoms with van der Waals surface area (Å²) in [6.45, 7) is 1.59. The van der Waals surface area contributed by atoms with E-state index in [1.165, 1.54) is 0 Å². The Morgan fingerprint density at radius 2 is 2.13 bits per heavy atom. The standard InChI is InChI=1S/C12H11NO2/c1-8(12(14)15)6-9-7-13-11-5-3-2-4-10(9)11/h2-7,13H,1H3,(H,14,15)/b8-6-. The monoisotopic (exact) mass is 201 g/mol. The highest BCUT2D eigenvalue weighted by molar-refractivity contribution is 5.96. The normalized spacial score (nSPS) is 11.9. The number of carboxylic acids is 1. The van der Waals surface area contributed by atoms with Gasteiger partial charge in [0.2, 0.25) is 0 Å². The third kappa shape index (κ3) is 1.76. The van der Waals surface area contributed by atoms with Crippen molar-refractivity contribution in [1.29, 1.82) is 0 Å². The van der Waals surface area contributed by atoms with Crippen molar-refractivity contribution in [3.8, 4) is 0 Å². The molecule has 2 rings (SSSR count). The van der Waals surface area contributed by atoms with E-state index in [1.54, 1.807) is 13.0 Å². The minimum atomic E-state index is -0.889. The summed E-state index contributed by atoms with van der Waals surface area (Å²) in [5.41, 5.74) is 2.26. The Labute approximate surface area is 87.0 Å². The van der Waals surface area contributed by atoms with Crippen LogP contribution in [0.15, 0.2) is 36.0 Å². The number of rotatable bonds is 2. The van der Waals surface area contributed by atoms with E-state index in [2.05, 4.69) is 4.98 Å². The second-order valence-electron chi connectivity index (χ2n) is 3.42. The second-order valence-corrected chi connectivity index (χ2v) is 3.42. The fourth-order valence-electron chi connectivity index (χ4n) is 1.51. The van der Waals surface area contributed by atoms with Gasteiger partial charge in [0.1, 0.15) is 0 Å². The van der Waals surface area contributed by atoms with Gasteiger partial charge in [-0.1, -0.05) is 18.2 Å². The summed E-state index contributed by atoms with van der Waals surface area (Å²) < 4.78 is 0. The van der Waals surface area contributed by atoms with Gasteiger partial charge in [0.25, 0.3) is 0 Å². The minimum absolute atomic E-state index is 0.333. The molecule has 0 radical (unpaired) electrons. The lowest BCUT2D eigenvalue weighted by molar-refractivity contribution is -0.132. The Morgan fingerprint density at radius 1 is 1.40 bits per heavy atom. The summed E-state index contributed by atoms with van der Waals surface area (Å²) in [6, 6.07) is 7.80. The van der Waals surface area contributed by atoms with Gasteiger partial charge in [-0.15, -0.1) is 0 Å². The van der Waals surface area contributed by atoms with Crippen LogP contribution in [-0.2, 0) is 4.79 Å². The highest BCUT2D eigenvalue weighted by atomic mass is 16.4. The lowest BCUT2D eigenvalue weighted by atomic mass is 10.1. The van der Waals surface area contributed by atoms with E-state index in [0.29, 0.717) is 5.57 Å². The van der Waals surface area contributed by atoms with Crippen LogP contribution in [0.5, 0.6) is 0 Å². The molecule has 76 valence electrons. The lowest BCUT2D eigenvalue weighted by Gasteiger charge is -1.93. The highest BCUT2D eigenvalue weighted by Crippen LogP contribution is 2.20. The number of fused-ring (bicyclic) bond motifs is 1. The van der Waals surface area contributed by atoms with Crippen LogP contribution in [0.4, 0.5) is 0 Å². The summed E-state index contributed by atoms with van der Waals surface area (Å²) in [5, 5.41) is 9.81. The van der Waals surface area contributed by atoms with E-state index < -0.39 is 5.97 Å². The number of aromatic nitrogens is 1. The number of aromatic amines is 1. The maximum Gasteiger partial charge on any atom is 0.331 e. The fourth-order valence-corrected chi connectivity index (χ4v) is 1.51. The molecule has 1 heterocycles. The average Bonchev–Trinajstić information content (AvgIpc) is 2.62. The molecule has 0 saturated heterocycles. The molecule has 2 N–H and O–H groups in total. The van der Waals surface area contributed by atoms with Gasteiger partial charge < -0.3 is 10.1 Å². The molecule has 0 amide bonds. The first-order valence-electron chi connectivity index (χ1n) is 4.66. The molecular formula is C12H11NO2. The number of hydrogen-bond donors (Lipinski definition) is 2. The van der Waals surface area contributed by atoms with Crippen molar-refractivity contribution < 1.29 is 9.90 Å². The van der Waals surface area contributed by atoms with Crippen molar-refractivity contribution in [3.63, 3.8) is 0 Å². The van der Waals surface area contributed by atoms with Crippen LogP contribution in [0, 0.1) is 0 Å². The van der Waals surface area contributed by atoms with E-state index in [-0.39, 0.29) is 0 Å². The number of hydrogen-bond acceptors (Lipinski definition) is 1. The number of nitrogens with one attached hydrogen (secondary N) is 1. The van der Waals surface area contributed by atoms with E-state index >= 15 is 0 Å². The Morgan fingerprint density at radius 3 is 2.87 bits per heavy atom. The van der Waals surface area contributed by atoms with Gasteiger partial charge in [0.05, 0.1) is 0 Å². The van der Waals surface area contributed by atoms with Crippen LogP contribution in [0.25, 0.3) is 17.0 Å². The maximum absolute atomic E-state index is 10.7. The Bertz CT molecular complexity index is 537. The van der Waals surface area contributed by atoms with Crippen molar-refractivity contribution in [2.24, 2.45) is 0 Å². The molecule has 0 spiro atoms. The Balaban J connectivity index is 2.54. The molecule has 0 fully saturated rings. The zero-order chi connectivity index (χ0) is 10.8. The third-order valence-electron chi connectivity index (χ3n) is 2.33. The molecular weight excluding hydrogens is 190 g/mol. The van der Waals surface area contributed by atoms with Crippen LogP contribution < -0.4 is 0 Å². The number of carbonyl (C=O) groups is 1. The van der Waals surface area contributed by atoms with Crippen molar-refractivity contribution in [2.45, 2.75) is 6.92 Å². The van der Waals surface area contributed by atoms with Crippen LogP contribution in [0.2, 0.25) is 0 Å². The second kappa shape index (κ2) is 3.61. The van der Waals surface area contributed by atoms with Crippen LogP contribution >= 0.6 is 0 Å². The zero-order valence-electron chi connectivity index (χ0n) is 8.32. The Hall–Kier alpha value is -2.03. The molecule has 0 aliphatic carbocycles. The predicted octanol–water partition coefficient (Wildman–Crippen LogP) is 2.66. The molecule has 0 saturated carbocycles. The third-order valence-corrected chi connectivity index (χ3v) is 2.33. The highest BCUT2D eigenvalue weighted by Gasteiger charge is 2.03. The lowest BCUT2D eigenvalue weighted by Crippen LogP contribution is -1.94. The zero-order valence-corrected chi connectivity index (χ0v) is 8.32. The summed E-state index contributed by atoms with van der Waals surface area (Å²) in [6.07, 6.45) is 3.48. The molecule has 2 aromatic rings. The molecule has 0 aliphatic heterocycles. The molecule has 0 atom stereocenters. The number of aliphatic carboxylic acids is 1. The first-order chi connectivity index (χ1) is 7.18. The number of H-pyrrole nitrogens is 1. The van der Waals surface area contributed by atoms with Crippen molar-refractivity contribution in [2.75, 3.05) is 0 Å². The molecule has 15 heavy (non-hydrogen) atoms. The van der Waals surface area contributed by atoms with Gasteiger partial charge in [-0.05, 0) is 19.1 Å². The van der Waals surface area contributed by atoms with Crippen molar-refractivity contribution >= 4 is 22.9 Å². The van der Waals surface area contributed by atoms with Gasteiger partial charge >= 0.3 is 5.97 Å². The summed E-state index contributed by atoms with van der Waals surface area (Å²) in [7, 11) is 0. The minimum Gasteiger partial charge on any atom is -0.478 e. The van der Waals surface area contributed by atoms with Gasteiger partial charge in [0, 0.05) is 28.2 Å². The van der Waals surface area contributed by atoms with E-state index in [4.69, 9.17) is 5.11 Å². The molecule has 0 unspecified atom stereocenters. The van der Waals surface area contributed by atoms with E-state index in [1.807, 2.05) is 30.5 Å². The SMILES string of the molecule is C/C(=C/c1c[nH]c2ccccc12)C(=O)O. The summed E-state index contributed by atoms with van der Waals surface area (Å²) in [4.78, 5) is 13.8. The maximum atomic E-state index is 10.7. The number of carboxylic acid groups (broad SMARTS) is 1. The number of para-hydroxylation sites is 1. The Kier molecular flexibility index (Phi) is 2.29. The number of benzene rings is 1. The van der Waals surface area contributed by atoms with Gasteiger partial charge in [-0.3, -0.25) is 0 Å². The first-order valence-corrected chi connectivity index (χ1v) is 4.66. The first kappa shape index (κ1) is 9.52. The summed E-state index contributed by atoms with van der Waals surface area (Å²) >= 11 is 0.